The van der Waals surface area contributed by atoms with E-state index in [1.165, 1.54) is 83.0 Å². The molecular weight excluding hydrogens is 821 g/mol. The van der Waals surface area contributed by atoms with Gasteiger partial charge in [-0.05, 0) is 133 Å². The van der Waals surface area contributed by atoms with Gasteiger partial charge in [0.1, 0.15) is 0 Å². The standard InChI is InChI=1S/C66H46N2/c1-4-15-47(16-5-1)48-27-29-49(30-28-48)50-31-38-57(39-32-50)67(59-42-35-52(36-43-59)56-37-44-61(53-17-6-2-7-18-53)64(46-56)54-19-8-3-9-20-54)58-40-33-51(34-41-58)55-21-14-22-60(45-55)68-65-25-12-10-23-62(65)63-24-11-13-26-66(63)68/h1-46H. The van der Waals surface area contributed by atoms with Crippen molar-refractivity contribution in [3.05, 3.63) is 279 Å². The topological polar surface area (TPSA) is 8.17 Å². The van der Waals surface area contributed by atoms with Crippen LogP contribution in [0.4, 0.5) is 17.1 Å². The van der Waals surface area contributed by atoms with Crippen molar-refractivity contribution in [3.8, 4) is 72.4 Å². The van der Waals surface area contributed by atoms with Crippen LogP contribution in [-0.4, -0.2) is 4.57 Å². The first-order valence-electron chi connectivity index (χ1n) is 23.3. The average molecular weight is 867 g/mol. The van der Waals surface area contributed by atoms with Crippen LogP contribution in [0.1, 0.15) is 0 Å². The highest BCUT2D eigenvalue weighted by Crippen LogP contribution is 2.41. The molecule has 0 unspecified atom stereocenters. The highest BCUT2D eigenvalue weighted by molar-refractivity contribution is 6.09. The predicted octanol–water partition coefficient (Wildman–Crippen LogP) is 18.3. The van der Waals surface area contributed by atoms with Crippen LogP contribution in [0, 0.1) is 0 Å². The Labute approximate surface area is 397 Å². The molecule has 320 valence electrons. The van der Waals surface area contributed by atoms with Gasteiger partial charge in [0.05, 0.1) is 11.0 Å². The molecule has 0 saturated carbocycles. The molecule has 12 aromatic rings. The van der Waals surface area contributed by atoms with E-state index in [9.17, 15) is 0 Å². The van der Waals surface area contributed by atoms with Gasteiger partial charge in [-0.15, -0.1) is 0 Å². The maximum absolute atomic E-state index is 2.38. The number of hydrogen-bond acceptors (Lipinski definition) is 1. The van der Waals surface area contributed by atoms with Crippen molar-refractivity contribution in [1.82, 2.24) is 4.57 Å². The molecule has 68 heavy (non-hydrogen) atoms. The first-order chi connectivity index (χ1) is 33.7. The number of hydrogen-bond donors (Lipinski definition) is 0. The monoisotopic (exact) mass is 866 g/mol. The number of fused-ring (bicyclic) bond motifs is 3. The summed E-state index contributed by atoms with van der Waals surface area (Å²) < 4.78 is 2.38. The normalized spacial score (nSPS) is 11.2. The van der Waals surface area contributed by atoms with Crippen LogP contribution < -0.4 is 4.90 Å². The number of rotatable bonds is 10. The second-order valence-corrected chi connectivity index (χ2v) is 17.3. The SMILES string of the molecule is c1ccc(-c2ccc(-c3ccc(N(c4ccc(-c5cccc(-n6c7ccccc7c7ccccc76)c5)cc4)c4ccc(-c5ccc(-c6ccccc6)c(-c6ccccc6)c5)cc4)cc3)cc2)cc1. The molecule has 0 saturated heterocycles. The third kappa shape index (κ3) is 7.74. The molecule has 11 aromatic carbocycles. The summed E-state index contributed by atoms with van der Waals surface area (Å²) in [5, 5.41) is 2.52. The highest BCUT2D eigenvalue weighted by Gasteiger charge is 2.17. The molecule has 0 aliphatic heterocycles. The summed E-state index contributed by atoms with van der Waals surface area (Å²) in [6, 6.07) is 101. The van der Waals surface area contributed by atoms with Gasteiger partial charge < -0.3 is 9.47 Å². The Morgan fingerprint density at radius 1 is 0.221 bits per heavy atom. The Hall–Kier alpha value is -8.98. The Bertz CT molecular complexity index is 3610. The van der Waals surface area contributed by atoms with Crippen LogP contribution in [0.5, 0.6) is 0 Å². The van der Waals surface area contributed by atoms with Gasteiger partial charge in [-0.3, -0.25) is 0 Å². The van der Waals surface area contributed by atoms with Crippen molar-refractivity contribution >= 4 is 38.9 Å². The summed E-state index contributed by atoms with van der Waals surface area (Å²) in [4.78, 5) is 2.36. The van der Waals surface area contributed by atoms with E-state index in [1.807, 2.05) is 0 Å². The summed E-state index contributed by atoms with van der Waals surface area (Å²) in [5.74, 6) is 0. The van der Waals surface area contributed by atoms with E-state index in [1.54, 1.807) is 0 Å². The van der Waals surface area contributed by atoms with Gasteiger partial charge in [0.15, 0.2) is 0 Å². The van der Waals surface area contributed by atoms with Crippen molar-refractivity contribution in [2.45, 2.75) is 0 Å². The van der Waals surface area contributed by atoms with E-state index in [0.717, 1.165) is 28.3 Å². The second kappa shape index (κ2) is 17.8. The molecule has 0 spiro atoms. The first-order valence-corrected chi connectivity index (χ1v) is 23.3. The number of anilines is 3. The summed E-state index contributed by atoms with van der Waals surface area (Å²) in [5.41, 5.74) is 21.1. The minimum atomic E-state index is 1.08. The lowest BCUT2D eigenvalue weighted by molar-refractivity contribution is 1.18. The Morgan fingerprint density at radius 3 is 1.04 bits per heavy atom. The molecule has 0 amide bonds. The largest absolute Gasteiger partial charge is 0.311 e. The van der Waals surface area contributed by atoms with Crippen molar-refractivity contribution in [2.24, 2.45) is 0 Å². The van der Waals surface area contributed by atoms with Crippen LogP contribution in [0.25, 0.3) is 94.3 Å². The Balaban J connectivity index is 0.901. The molecule has 0 aliphatic rings. The van der Waals surface area contributed by atoms with E-state index < -0.39 is 0 Å². The molecule has 0 aliphatic carbocycles. The quantitative estimate of drug-likeness (QED) is 0.133. The Morgan fingerprint density at radius 2 is 0.559 bits per heavy atom. The predicted molar refractivity (Wildman–Crippen MR) is 288 cm³/mol. The smallest absolute Gasteiger partial charge is 0.0541 e. The lowest BCUT2D eigenvalue weighted by Crippen LogP contribution is -2.09. The zero-order valence-electron chi connectivity index (χ0n) is 37.5. The molecule has 1 aromatic heterocycles. The fourth-order valence-corrected chi connectivity index (χ4v) is 9.82. The summed E-state index contributed by atoms with van der Waals surface area (Å²) in [6.45, 7) is 0. The van der Waals surface area contributed by atoms with E-state index >= 15 is 0 Å². The number of benzene rings is 11. The van der Waals surface area contributed by atoms with Gasteiger partial charge in [-0.1, -0.05) is 212 Å². The van der Waals surface area contributed by atoms with Crippen molar-refractivity contribution < 1.29 is 0 Å². The van der Waals surface area contributed by atoms with Crippen molar-refractivity contribution in [1.29, 1.82) is 0 Å². The molecule has 0 bridgehead atoms. The molecule has 2 heteroatoms. The van der Waals surface area contributed by atoms with Crippen LogP contribution >= 0.6 is 0 Å². The van der Waals surface area contributed by atoms with Gasteiger partial charge in [-0.2, -0.15) is 0 Å². The number of para-hydroxylation sites is 2. The first kappa shape index (κ1) is 40.5. The zero-order chi connectivity index (χ0) is 45.2. The molecule has 12 rings (SSSR count). The highest BCUT2D eigenvalue weighted by atomic mass is 15.1. The van der Waals surface area contributed by atoms with Gasteiger partial charge in [0.25, 0.3) is 0 Å². The van der Waals surface area contributed by atoms with E-state index in [4.69, 9.17) is 0 Å². The molecule has 0 atom stereocenters. The van der Waals surface area contributed by atoms with Crippen LogP contribution in [0.3, 0.4) is 0 Å². The summed E-state index contributed by atoms with van der Waals surface area (Å²) in [6.07, 6.45) is 0. The van der Waals surface area contributed by atoms with E-state index in [2.05, 4.69) is 289 Å². The fraction of sp³-hybridized carbons (Fsp3) is 0. The molecule has 2 nitrogen and oxygen atoms in total. The van der Waals surface area contributed by atoms with Crippen LogP contribution in [-0.2, 0) is 0 Å². The second-order valence-electron chi connectivity index (χ2n) is 17.3. The Kier molecular flexibility index (Phi) is 10.6. The molecule has 1 heterocycles. The third-order valence-electron chi connectivity index (χ3n) is 13.2. The lowest BCUT2D eigenvalue weighted by Gasteiger charge is -2.26. The van der Waals surface area contributed by atoms with Gasteiger partial charge >= 0.3 is 0 Å². The molecule has 0 fully saturated rings. The third-order valence-corrected chi connectivity index (χ3v) is 13.2. The zero-order valence-corrected chi connectivity index (χ0v) is 37.5. The van der Waals surface area contributed by atoms with E-state index in [-0.39, 0.29) is 0 Å². The average Bonchev–Trinajstić information content (AvgIpc) is 3.77. The lowest BCUT2D eigenvalue weighted by atomic mass is 9.91. The minimum absolute atomic E-state index is 1.08. The van der Waals surface area contributed by atoms with Gasteiger partial charge in [-0.25, -0.2) is 0 Å². The molecule has 0 radical (unpaired) electrons. The van der Waals surface area contributed by atoms with E-state index in [0.29, 0.717) is 0 Å². The number of aromatic nitrogens is 1. The van der Waals surface area contributed by atoms with Gasteiger partial charge in [0.2, 0.25) is 0 Å². The van der Waals surface area contributed by atoms with Crippen LogP contribution in [0.15, 0.2) is 279 Å². The maximum Gasteiger partial charge on any atom is 0.0541 e. The van der Waals surface area contributed by atoms with Crippen molar-refractivity contribution in [3.63, 3.8) is 0 Å². The van der Waals surface area contributed by atoms with Crippen molar-refractivity contribution in [2.75, 3.05) is 4.90 Å². The molecule has 0 N–H and O–H groups in total. The summed E-state index contributed by atoms with van der Waals surface area (Å²) >= 11 is 0. The number of nitrogens with zero attached hydrogens (tertiary/aromatic N) is 2. The van der Waals surface area contributed by atoms with Crippen LogP contribution in [0.2, 0.25) is 0 Å². The molecular formula is C66H46N2. The van der Waals surface area contributed by atoms with Gasteiger partial charge in [0, 0.05) is 33.5 Å². The minimum Gasteiger partial charge on any atom is -0.311 e. The maximum atomic E-state index is 2.38. The fourth-order valence-electron chi connectivity index (χ4n) is 9.82. The summed E-state index contributed by atoms with van der Waals surface area (Å²) in [7, 11) is 0.